The number of thioether (sulfide) groups is 1. The molecule has 0 saturated heterocycles. The van der Waals surface area contributed by atoms with Gasteiger partial charge in [0.2, 0.25) is 5.16 Å². The number of hydrogen-bond donors (Lipinski definition) is 4. The average molecular weight is 399 g/mol. The summed E-state index contributed by atoms with van der Waals surface area (Å²) in [6.45, 7) is 2.92. The van der Waals surface area contributed by atoms with E-state index in [1.807, 2.05) is 42.5 Å². The van der Waals surface area contributed by atoms with Crippen molar-refractivity contribution in [3.8, 4) is 22.5 Å². The van der Waals surface area contributed by atoms with Crippen molar-refractivity contribution in [1.82, 2.24) is 15.2 Å². The zero-order chi connectivity index (χ0) is 19.9. The van der Waals surface area contributed by atoms with Gasteiger partial charge in [0.15, 0.2) is 5.82 Å². The Hall–Kier alpha value is -3.04. The third-order valence-electron chi connectivity index (χ3n) is 3.82. The van der Waals surface area contributed by atoms with E-state index in [-0.39, 0.29) is 5.75 Å². The van der Waals surface area contributed by atoms with Crippen molar-refractivity contribution < 1.29 is 14.7 Å². The van der Waals surface area contributed by atoms with Crippen LogP contribution in [0.1, 0.15) is 6.92 Å². The number of nitrogens with one attached hydrogen (secondary N) is 3. The highest BCUT2D eigenvalue weighted by molar-refractivity contribution is 7.99. The second-order valence-corrected chi connectivity index (χ2v) is 6.80. The second kappa shape index (κ2) is 9.25. The summed E-state index contributed by atoms with van der Waals surface area (Å²) >= 11 is 1.06. The molecule has 0 unspecified atom stereocenters. The maximum absolute atomic E-state index is 10.7. The summed E-state index contributed by atoms with van der Waals surface area (Å²) in [6.07, 6.45) is 0. The third kappa shape index (κ3) is 5.02. The van der Waals surface area contributed by atoms with Gasteiger partial charge in [-0.2, -0.15) is 0 Å². The van der Waals surface area contributed by atoms with Crippen LogP contribution in [0.5, 0.6) is 0 Å². The van der Waals surface area contributed by atoms with Crippen LogP contribution in [-0.2, 0) is 9.63 Å². The topological polar surface area (TPSA) is 112 Å². The number of aliphatic carboxylic acids is 1. The van der Waals surface area contributed by atoms with E-state index in [4.69, 9.17) is 9.94 Å². The van der Waals surface area contributed by atoms with Gasteiger partial charge >= 0.3 is 5.97 Å². The minimum atomic E-state index is -0.911. The highest BCUT2D eigenvalue weighted by Gasteiger charge is 2.11. The summed E-state index contributed by atoms with van der Waals surface area (Å²) in [4.78, 5) is 20.2. The molecular formula is C19H21N5O3S. The Morgan fingerprint density at radius 3 is 2.57 bits per heavy atom. The van der Waals surface area contributed by atoms with Crippen LogP contribution in [0.25, 0.3) is 22.5 Å². The van der Waals surface area contributed by atoms with Crippen LogP contribution in [-0.4, -0.2) is 45.7 Å². The van der Waals surface area contributed by atoms with Gasteiger partial charge in [-0.1, -0.05) is 23.9 Å². The first-order valence-corrected chi connectivity index (χ1v) is 9.63. The summed E-state index contributed by atoms with van der Waals surface area (Å²) in [5.74, 6) is -0.449. The van der Waals surface area contributed by atoms with Gasteiger partial charge in [0.25, 0.3) is 0 Å². The molecule has 146 valence electrons. The first-order valence-electron chi connectivity index (χ1n) is 8.64. The van der Waals surface area contributed by atoms with Gasteiger partial charge in [0.1, 0.15) is 0 Å². The minimum absolute atomic E-state index is 0.0913. The maximum Gasteiger partial charge on any atom is 0.313 e. The number of carboxylic acids is 1. The van der Waals surface area contributed by atoms with Gasteiger partial charge in [0, 0.05) is 17.8 Å². The molecule has 0 atom stereocenters. The lowest BCUT2D eigenvalue weighted by molar-refractivity contribution is -0.133. The molecule has 8 nitrogen and oxygen atoms in total. The van der Waals surface area contributed by atoms with Crippen LogP contribution < -0.4 is 10.8 Å². The number of aromatic nitrogens is 3. The molecular weight excluding hydrogens is 378 g/mol. The number of carboxylic acid groups (broad SMARTS) is 1. The average Bonchev–Trinajstić information content (AvgIpc) is 3.16. The van der Waals surface area contributed by atoms with Crippen LogP contribution >= 0.6 is 11.8 Å². The standard InChI is InChI=1S/C19H21N5O3S/c1-3-20-15-6-4-12(5-7-15)13-8-14(10-16(9-13)24-27-2)18-21-19(23-22-18)28-11-17(25)26/h4-10,20,24H,3,11H2,1-2H3,(H,25,26)(H,21,22,23). The van der Waals surface area contributed by atoms with E-state index >= 15 is 0 Å². The number of aromatic amines is 1. The van der Waals surface area contributed by atoms with E-state index < -0.39 is 5.97 Å². The zero-order valence-corrected chi connectivity index (χ0v) is 16.3. The summed E-state index contributed by atoms with van der Waals surface area (Å²) in [6, 6.07) is 14.0. The molecule has 0 aliphatic carbocycles. The fourth-order valence-corrected chi connectivity index (χ4v) is 3.18. The Morgan fingerprint density at radius 1 is 1.14 bits per heavy atom. The summed E-state index contributed by atoms with van der Waals surface area (Å²) in [5, 5.41) is 19.4. The Labute approximate surface area is 166 Å². The monoisotopic (exact) mass is 399 g/mol. The molecule has 0 aliphatic rings. The van der Waals surface area contributed by atoms with Gasteiger partial charge in [-0.3, -0.25) is 20.2 Å². The van der Waals surface area contributed by atoms with Crippen LogP contribution in [0.15, 0.2) is 47.6 Å². The third-order valence-corrected chi connectivity index (χ3v) is 4.65. The van der Waals surface area contributed by atoms with Crippen molar-refractivity contribution in [2.75, 3.05) is 30.2 Å². The molecule has 9 heteroatoms. The predicted molar refractivity (Wildman–Crippen MR) is 110 cm³/mol. The van der Waals surface area contributed by atoms with Crippen LogP contribution in [0.4, 0.5) is 11.4 Å². The van der Waals surface area contributed by atoms with Crippen molar-refractivity contribution in [2.24, 2.45) is 0 Å². The van der Waals surface area contributed by atoms with Gasteiger partial charge in [-0.15, -0.1) is 5.10 Å². The van der Waals surface area contributed by atoms with Gasteiger partial charge in [0.05, 0.1) is 18.6 Å². The predicted octanol–water partition coefficient (Wildman–Crippen LogP) is 3.72. The van der Waals surface area contributed by atoms with Gasteiger partial charge in [-0.25, -0.2) is 4.98 Å². The fourth-order valence-electron chi connectivity index (χ4n) is 2.66. The van der Waals surface area contributed by atoms with E-state index in [9.17, 15) is 4.79 Å². The normalized spacial score (nSPS) is 10.6. The lowest BCUT2D eigenvalue weighted by atomic mass is 10.0. The lowest BCUT2D eigenvalue weighted by Crippen LogP contribution is -1.98. The van der Waals surface area contributed by atoms with Crippen molar-refractivity contribution in [3.63, 3.8) is 0 Å². The van der Waals surface area contributed by atoms with Gasteiger partial charge in [-0.05, 0) is 48.4 Å². The second-order valence-electron chi connectivity index (χ2n) is 5.86. The van der Waals surface area contributed by atoms with Crippen molar-refractivity contribution in [1.29, 1.82) is 0 Å². The molecule has 0 fully saturated rings. The fraction of sp³-hybridized carbons (Fsp3) is 0.211. The zero-order valence-electron chi connectivity index (χ0n) is 15.5. The van der Waals surface area contributed by atoms with Crippen LogP contribution in [0.2, 0.25) is 0 Å². The SMILES string of the molecule is CCNc1ccc(-c2cc(NOC)cc(-c3nc(SCC(=O)O)n[nH]3)c2)cc1. The molecule has 3 aromatic rings. The van der Waals surface area contributed by atoms with Crippen molar-refractivity contribution >= 4 is 29.1 Å². The molecule has 2 aromatic carbocycles. The molecule has 0 saturated carbocycles. The van der Waals surface area contributed by atoms with E-state index in [0.29, 0.717) is 11.0 Å². The van der Waals surface area contributed by atoms with Crippen molar-refractivity contribution in [2.45, 2.75) is 12.1 Å². The van der Waals surface area contributed by atoms with E-state index in [2.05, 4.69) is 32.9 Å². The molecule has 28 heavy (non-hydrogen) atoms. The van der Waals surface area contributed by atoms with E-state index in [0.717, 1.165) is 46.4 Å². The Kier molecular flexibility index (Phi) is 6.51. The minimum Gasteiger partial charge on any atom is -0.481 e. The van der Waals surface area contributed by atoms with Gasteiger partial charge < -0.3 is 10.4 Å². The highest BCUT2D eigenvalue weighted by atomic mass is 32.2. The number of carbonyl (C=O) groups is 1. The van der Waals surface area contributed by atoms with E-state index in [1.165, 1.54) is 0 Å². The summed E-state index contributed by atoms with van der Waals surface area (Å²) in [7, 11) is 1.55. The largest absolute Gasteiger partial charge is 0.481 e. The molecule has 3 rings (SSSR count). The Balaban J connectivity index is 1.92. The lowest BCUT2D eigenvalue weighted by Gasteiger charge is -2.10. The molecule has 1 aromatic heterocycles. The highest BCUT2D eigenvalue weighted by Crippen LogP contribution is 2.30. The molecule has 4 N–H and O–H groups in total. The molecule has 0 radical (unpaired) electrons. The van der Waals surface area contributed by atoms with E-state index in [1.54, 1.807) is 7.11 Å². The Morgan fingerprint density at radius 2 is 1.89 bits per heavy atom. The first kappa shape index (κ1) is 19.7. The number of benzene rings is 2. The molecule has 0 spiro atoms. The molecule has 0 amide bonds. The van der Waals surface area contributed by atoms with Crippen LogP contribution in [0.3, 0.4) is 0 Å². The maximum atomic E-state index is 10.7. The Bertz CT molecular complexity index is 943. The number of H-pyrrole nitrogens is 1. The number of nitrogens with zero attached hydrogens (tertiary/aromatic N) is 2. The smallest absolute Gasteiger partial charge is 0.313 e. The number of rotatable bonds is 9. The summed E-state index contributed by atoms with van der Waals surface area (Å²) < 4.78 is 0. The molecule has 1 heterocycles. The number of hydrogen-bond acceptors (Lipinski definition) is 7. The molecule has 0 aliphatic heterocycles. The molecule has 0 bridgehead atoms. The first-order chi connectivity index (χ1) is 13.6. The number of anilines is 2. The summed E-state index contributed by atoms with van der Waals surface area (Å²) in [5.41, 5.74) is 7.51. The van der Waals surface area contributed by atoms with Crippen LogP contribution in [0, 0.1) is 0 Å². The quantitative estimate of drug-likeness (QED) is 0.318. The van der Waals surface area contributed by atoms with Crippen molar-refractivity contribution in [3.05, 3.63) is 42.5 Å².